The van der Waals surface area contributed by atoms with Crippen LogP contribution in [0, 0.1) is 18.3 Å². The average Bonchev–Trinajstić information content (AvgIpc) is 2.89. The predicted octanol–water partition coefficient (Wildman–Crippen LogP) is 3.84. The third-order valence-electron chi connectivity index (χ3n) is 5.65. The maximum absolute atomic E-state index is 11.1. The number of anilines is 1. The molecule has 2 saturated carbocycles. The van der Waals surface area contributed by atoms with E-state index in [9.17, 15) is 4.79 Å². The molecule has 0 saturated heterocycles. The van der Waals surface area contributed by atoms with E-state index in [-0.39, 0.29) is 5.92 Å². The van der Waals surface area contributed by atoms with Crippen molar-refractivity contribution in [2.24, 2.45) is 11.3 Å². The van der Waals surface area contributed by atoms with Crippen LogP contribution in [0.2, 0.25) is 0 Å². The van der Waals surface area contributed by atoms with Crippen LogP contribution in [0.5, 0.6) is 0 Å². The van der Waals surface area contributed by atoms with Gasteiger partial charge in [0.05, 0.1) is 11.3 Å². The lowest BCUT2D eigenvalue weighted by atomic mass is 9.57. The van der Waals surface area contributed by atoms with Gasteiger partial charge in [0.1, 0.15) is 17.0 Å². The molecular formula is C17H21N3O2S. The van der Waals surface area contributed by atoms with Crippen molar-refractivity contribution in [3.8, 4) is 0 Å². The lowest BCUT2D eigenvalue weighted by Crippen LogP contribution is -2.47. The number of aliphatic carboxylic acids is 1. The van der Waals surface area contributed by atoms with Crippen LogP contribution < -0.4 is 5.32 Å². The van der Waals surface area contributed by atoms with Crippen molar-refractivity contribution < 1.29 is 9.90 Å². The molecule has 0 amide bonds. The number of aromatic nitrogens is 2. The Hall–Kier alpha value is -1.69. The van der Waals surface area contributed by atoms with Gasteiger partial charge in [-0.25, -0.2) is 9.97 Å². The minimum Gasteiger partial charge on any atom is -0.481 e. The van der Waals surface area contributed by atoms with Crippen LogP contribution >= 0.6 is 11.3 Å². The molecule has 1 spiro atoms. The van der Waals surface area contributed by atoms with Crippen LogP contribution in [0.25, 0.3) is 10.2 Å². The Bertz CT molecular complexity index is 741. The smallest absolute Gasteiger partial charge is 0.306 e. The maximum atomic E-state index is 11.1. The summed E-state index contributed by atoms with van der Waals surface area (Å²) in [6.45, 7) is 2.10. The third kappa shape index (κ3) is 2.59. The van der Waals surface area contributed by atoms with E-state index in [1.807, 2.05) is 0 Å². The fourth-order valence-electron chi connectivity index (χ4n) is 4.29. The van der Waals surface area contributed by atoms with Gasteiger partial charge < -0.3 is 10.4 Å². The highest BCUT2D eigenvalue weighted by Gasteiger charge is 2.47. The molecule has 4 rings (SSSR count). The standard InChI is InChI=1S/C17H21N3O2S/c1-10-8-23-15-13(10)14(18-9-19-15)20-12-6-17(7-12)4-2-11(3-5-17)16(21)22/h8-9,11-12H,2-7H2,1H3,(H,21,22)(H,18,19,20). The van der Waals surface area contributed by atoms with Crippen molar-refractivity contribution in [1.29, 1.82) is 0 Å². The number of fused-ring (bicyclic) bond motifs is 1. The molecule has 2 aromatic rings. The van der Waals surface area contributed by atoms with Gasteiger partial charge in [-0.1, -0.05) is 0 Å². The van der Waals surface area contributed by atoms with Gasteiger partial charge in [-0.15, -0.1) is 11.3 Å². The van der Waals surface area contributed by atoms with E-state index in [2.05, 4.69) is 27.6 Å². The van der Waals surface area contributed by atoms with Crippen molar-refractivity contribution in [3.63, 3.8) is 0 Å². The molecule has 23 heavy (non-hydrogen) atoms. The summed E-state index contributed by atoms with van der Waals surface area (Å²) in [5, 5.41) is 16.0. The summed E-state index contributed by atoms with van der Waals surface area (Å²) in [5.41, 5.74) is 1.60. The van der Waals surface area contributed by atoms with Crippen LogP contribution in [-0.2, 0) is 4.79 Å². The van der Waals surface area contributed by atoms with E-state index in [4.69, 9.17) is 5.11 Å². The minimum atomic E-state index is -0.620. The number of nitrogens with one attached hydrogen (secondary N) is 1. The SMILES string of the molecule is Cc1csc2ncnc(NC3CC4(CCC(C(=O)O)CC4)C3)c12. The van der Waals surface area contributed by atoms with Gasteiger partial charge in [-0.3, -0.25) is 4.79 Å². The first-order valence-corrected chi connectivity index (χ1v) is 9.12. The van der Waals surface area contributed by atoms with Crippen LogP contribution in [0.15, 0.2) is 11.7 Å². The van der Waals surface area contributed by atoms with Crippen molar-refractivity contribution in [2.45, 2.75) is 51.5 Å². The first-order chi connectivity index (χ1) is 11.1. The van der Waals surface area contributed by atoms with Gasteiger partial charge in [0.2, 0.25) is 0 Å². The number of hydrogen-bond acceptors (Lipinski definition) is 5. The van der Waals surface area contributed by atoms with Gasteiger partial charge in [-0.2, -0.15) is 0 Å². The van der Waals surface area contributed by atoms with E-state index in [1.165, 1.54) is 5.56 Å². The van der Waals surface area contributed by atoms with Gasteiger partial charge in [-0.05, 0) is 61.8 Å². The number of aryl methyl sites for hydroxylation is 1. The first-order valence-electron chi connectivity index (χ1n) is 8.24. The Labute approximate surface area is 139 Å². The fraction of sp³-hybridized carbons (Fsp3) is 0.588. The molecule has 2 aromatic heterocycles. The highest BCUT2D eigenvalue weighted by atomic mass is 32.1. The Kier molecular flexibility index (Phi) is 3.52. The normalized spacial score (nSPS) is 30.3. The van der Waals surface area contributed by atoms with Crippen LogP contribution in [0.3, 0.4) is 0 Å². The zero-order chi connectivity index (χ0) is 16.0. The lowest BCUT2D eigenvalue weighted by molar-refractivity contribution is -0.144. The summed E-state index contributed by atoms with van der Waals surface area (Å²) in [6.07, 6.45) is 7.68. The highest BCUT2D eigenvalue weighted by Crippen LogP contribution is 2.53. The van der Waals surface area contributed by atoms with E-state index in [0.717, 1.165) is 54.6 Å². The number of carboxylic acid groups (broad SMARTS) is 1. The number of hydrogen-bond donors (Lipinski definition) is 2. The van der Waals surface area contributed by atoms with Crippen molar-refractivity contribution in [3.05, 3.63) is 17.3 Å². The monoisotopic (exact) mass is 331 g/mol. The molecule has 2 heterocycles. The topological polar surface area (TPSA) is 75.1 Å². The summed E-state index contributed by atoms with van der Waals surface area (Å²) in [7, 11) is 0. The second-order valence-corrected chi connectivity index (χ2v) is 8.04. The van der Waals surface area contributed by atoms with E-state index >= 15 is 0 Å². The van der Waals surface area contributed by atoms with Crippen LogP contribution in [0.1, 0.15) is 44.1 Å². The third-order valence-corrected chi connectivity index (χ3v) is 6.65. The van der Waals surface area contributed by atoms with Gasteiger partial charge >= 0.3 is 5.97 Å². The molecule has 5 nitrogen and oxygen atoms in total. The second kappa shape index (κ2) is 5.44. The predicted molar refractivity (Wildman–Crippen MR) is 90.8 cm³/mol. The van der Waals surface area contributed by atoms with E-state index in [0.29, 0.717) is 11.5 Å². The molecule has 2 N–H and O–H groups in total. The lowest BCUT2D eigenvalue weighted by Gasteiger charge is -2.51. The fourth-order valence-corrected chi connectivity index (χ4v) is 5.18. The number of thiophene rings is 1. The molecule has 2 aliphatic rings. The molecule has 0 radical (unpaired) electrons. The molecule has 6 heteroatoms. The summed E-state index contributed by atoms with van der Waals surface area (Å²) in [5.74, 6) is 0.209. The van der Waals surface area contributed by atoms with E-state index < -0.39 is 5.97 Å². The van der Waals surface area contributed by atoms with Crippen LogP contribution in [0.4, 0.5) is 5.82 Å². The summed E-state index contributed by atoms with van der Waals surface area (Å²) in [6, 6.07) is 0.453. The Morgan fingerprint density at radius 1 is 1.35 bits per heavy atom. The summed E-state index contributed by atoms with van der Waals surface area (Å²) >= 11 is 1.66. The van der Waals surface area contributed by atoms with Gasteiger partial charge in [0, 0.05) is 6.04 Å². The number of carbonyl (C=O) groups is 1. The molecule has 0 aliphatic heterocycles. The zero-order valence-corrected chi connectivity index (χ0v) is 14.0. The van der Waals surface area contributed by atoms with E-state index in [1.54, 1.807) is 17.7 Å². The molecule has 2 aliphatic carbocycles. The molecule has 2 fully saturated rings. The Morgan fingerprint density at radius 3 is 2.78 bits per heavy atom. The molecular weight excluding hydrogens is 310 g/mol. The second-order valence-electron chi connectivity index (χ2n) is 7.18. The zero-order valence-electron chi connectivity index (χ0n) is 13.2. The van der Waals surface area contributed by atoms with Crippen molar-refractivity contribution in [1.82, 2.24) is 9.97 Å². The quantitative estimate of drug-likeness (QED) is 0.894. The Morgan fingerprint density at radius 2 is 2.09 bits per heavy atom. The average molecular weight is 331 g/mol. The van der Waals surface area contributed by atoms with Gasteiger partial charge in [0.25, 0.3) is 0 Å². The highest BCUT2D eigenvalue weighted by molar-refractivity contribution is 7.17. The number of rotatable bonds is 3. The number of carboxylic acids is 1. The molecule has 0 unspecified atom stereocenters. The summed E-state index contributed by atoms with van der Waals surface area (Å²) < 4.78 is 0. The maximum Gasteiger partial charge on any atom is 0.306 e. The molecule has 0 aromatic carbocycles. The van der Waals surface area contributed by atoms with Crippen molar-refractivity contribution in [2.75, 3.05) is 5.32 Å². The van der Waals surface area contributed by atoms with Crippen LogP contribution in [-0.4, -0.2) is 27.1 Å². The summed E-state index contributed by atoms with van der Waals surface area (Å²) in [4.78, 5) is 20.9. The molecule has 122 valence electrons. The number of nitrogens with zero attached hydrogens (tertiary/aromatic N) is 2. The van der Waals surface area contributed by atoms with Crippen molar-refractivity contribution >= 4 is 33.3 Å². The van der Waals surface area contributed by atoms with Gasteiger partial charge in [0.15, 0.2) is 0 Å². The minimum absolute atomic E-state index is 0.123. The molecule has 0 bridgehead atoms. The Balaban J connectivity index is 1.41. The first kappa shape index (κ1) is 14.9. The largest absolute Gasteiger partial charge is 0.481 e. The molecule has 0 atom stereocenters.